The lowest BCUT2D eigenvalue weighted by Crippen LogP contribution is -2.01. The molecule has 2 heteroatoms. The van der Waals surface area contributed by atoms with Crippen LogP contribution in [0.5, 0.6) is 0 Å². The molecule has 1 aromatic rings. The molecule has 1 N–H and O–H groups in total. The van der Waals surface area contributed by atoms with Crippen LogP contribution in [0.15, 0.2) is 23.1 Å². The summed E-state index contributed by atoms with van der Waals surface area (Å²) >= 11 is 1.50. The molecule has 0 spiro atoms. The Morgan fingerprint density at radius 2 is 1.92 bits per heavy atom. The van der Waals surface area contributed by atoms with E-state index in [4.69, 9.17) is 5.11 Å². The van der Waals surface area contributed by atoms with Crippen molar-refractivity contribution < 1.29 is 5.11 Å². The molecule has 0 aromatic heterocycles. The van der Waals surface area contributed by atoms with Gasteiger partial charge in [0.1, 0.15) is 0 Å². The van der Waals surface area contributed by atoms with Crippen LogP contribution in [0.1, 0.15) is 24.0 Å². The standard InChI is InChI=1S/C11H14OS/c12-8-13-11-6-5-9-3-1-2-4-10(9)7-11/h5-7,12H,1-4,8H2. The van der Waals surface area contributed by atoms with Crippen molar-refractivity contribution >= 4 is 11.8 Å². The number of thioether (sulfide) groups is 1. The molecule has 0 atom stereocenters. The lowest BCUT2D eigenvalue weighted by atomic mass is 9.92. The number of aliphatic hydroxyl groups excluding tert-OH is 1. The highest BCUT2D eigenvalue weighted by Crippen LogP contribution is 2.26. The van der Waals surface area contributed by atoms with Crippen molar-refractivity contribution in [2.24, 2.45) is 0 Å². The smallest absolute Gasteiger partial charge is 0.0932 e. The first-order valence-electron chi connectivity index (χ1n) is 4.75. The van der Waals surface area contributed by atoms with E-state index in [1.807, 2.05) is 0 Å². The van der Waals surface area contributed by atoms with E-state index in [2.05, 4.69) is 18.2 Å². The molecule has 0 saturated heterocycles. The third-order valence-electron chi connectivity index (χ3n) is 2.55. The van der Waals surface area contributed by atoms with Gasteiger partial charge in [0.15, 0.2) is 0 Å². The number of hydrogen-bond donors (Lipinski definition) is 1. The maximum Gasteiger partial charge on any atom is 0.0932 e. The Labute approximate surface area is 83.2 Å². The maximum absolute atomic E-state index is 8.79. The van der Waals surface area contributed by atoms with E-state index in [1.54, 1.807) is 0 Å². The van der Waals surface area contributed by atoms with E-state index < -0.39 is 0 Å². The van der Waals surface area contributed by atoms with Gasteiger partial charge in [-0.2, -0.15) is 0 Å². The van der Waals surface area contributed by atoms with Gasteiger partial charge in [-0.1, -0.05) is 17.8 Å². The Bertz CT molecular complexity index is 296. The summed E-state index contributed by atoms with van der Waals surface area (Å²) in [5.41, 5.74) is 3.00. The predicted molar refractivity (Wildman–Crippen MR) is 56.0 cm³/mol. The summed E-state index contributed by atoms with van der Waals surface area (Å²) in [5, 5.41) is 8.79. The average Bonchev–Trinajstić information content (AvgIpc) is 2.18. The summed E-state index contributed by atoms with van der Waals surface area (Å²) in [4.78, 5) is 1.20. The Hall–Kier alpha value is -0.470. The molecule has 0 fully saturated rings. The fourth-order valence-corrected chi connectivity index (χ4v) is 2.41. The van der Waals surface area contributed by atoms with Gasteiger partial charge in [0.05, 0.1) is 5.94 Å². The summed E-state index contributed by atoms with van der Waals surface area (Å²) < 4.78 is 0. The van der Waals surface area contributed by atoms with Crippen LogP contribution >= 0.6 is 11.8 Å². The van der Waals surface area contributed by atoms with Crippen LogP contribution in [0.25, 0.3) is 0 Å². The van der Waals surface area contributed by atoms with Crippen molar-refractivity contribution in [2.45, 2.75) is 30.6 Å². The summed E-state index contributed by atoms with van der Waals surface area (Å²) in [6.07, 6.45) is 5.11. The number of hydrogen-bond acceptors (Lipinski definition) is 2. The quantitative estimate of drug-likeness (QED) is 0.577. The fraction of sp³-hybridized carbons (Fsp3) is 0.455. The zero-order valence-corrected chi connectivity index (χ0v) is 8.44. The number of aryl methyl sites for hydroxylation is 2. The molecule has 0 amide bonds. The van der Waals surface area contributed by atoms with Crippen molar-refractivity contribution in [3.05, 3.63) is 29.3 Å². The first-order chi connectivity index (χ1) is 6.40. The number of rotatable bonds is 2. The maximum atomic E-state index is 8.79. The Morgan fingerprint density at radius 1 is 1.15 bits per heavy atom. The van der Waals surface area contributed by atoms with E-state index in [9.17, 15) is 0 Å². The predicted octanol–water partition coefficient (Wildman–Crippen LogP) is 2.61. The van der Waals surface area contributed by atoms with Crippen molar-refractivity contribution in [1.29, 1.82) is 0 Å². The molecular formula is C11H14OS. The molecule has 1 aliphatic rings. The van der Waals surface area contributed by atoms with Crippen LogP contribution < -0.4 is 0 Å². The van der Waals surface area contributed by atoms with Gasteiger partial charge in [-0.15, -0.1) is 0 Å². The largest absolute Gasteiger partial charge is 0.385 e. The second-order valence-corrected chi connectivity index (χ2v) is 4.43. The second kappa shape index (κ2) is 4.16. The topological polar surface area (TPSA) is 20.2 Å². The molecule has 1 aliphatic carbocycles. The minimum Gasteiger partial charge on any atom is -0.385 e. The molecule has 0 radical (unpaired) electrons. The van der Waals surface area contributed by atoms with Crippen LogP contribution in [-0.2, 0) is 12.8 Å². The molecule has 2 rings (SSSR count). The van der Waals surface area contributed by atoms with Crippen molar-refractivity contribution in [3.8, 4) is 0 Å². The van der Waals surface area contributed by atoms with Crippen LogP contribution in [0.3, 0.4) is 0 Å². The molecule has 70 valence electrons. The van der Waals surface area contributed by atoms with Gasteiger partial charge >= 0.3 is 0 Å². The molecular weight excluding hydrogens is 180 g/mol. The summed E-state index contributed by atoms with van der Waals surface area (Å²) in [7, 11) is 0. The van der Waals surface area contributed by atoms with Crippen LogP contribution in [0.4, 0.5) is 0 Å². The van der Waals surface area contributed by atoms with Gasteiger partial charge in [-0.3, -0.25) is 0 Å². The minimum absolute atomic E-state index is 0.179. The number of aliphatic hydroxyl groups is 1. The van der Waals surface area contributed by atoms with Crippen molar-refractivity contribution in [3.63, 3.8) is 0 Å². The van der Waals surface area contributed by atoms with Crippen molar-refractivity contribution in [2.75, 3.05) is 5.94 Å². The van der Waals surface area contributed by atoms with Crippen molar-refractivity contribution in [1.82, 2.24) is 0 Å². The van der Waals surface area contributed by atoms with Gasteiger partial charge in [0.2, 0.25) is 0 Å². The number of fused-ring (bicyclic) bond motifs is 1. The van der Waals surface area contributed by atoms with Gasteiger partial charge in [-0.05, 0) is 48.9 Å². The highest BCUT2D eigenvalue weighted by Gasteiger charge is 2.08. The third-order valence-corrected chi connectivity index (χ3v) is 3.27. The lowest BCUT2D eigenvalue weighted by Gasteiger charge is -2.15. The fourth-order valence-electron chi connectivity index (χ4n) is 1.87. The average molecular weight is 194 g/mol. The van der Waals surface area contributed by atoms with Gasteiger partial charge in [-0.25, -0.2) is 0 Å². The molecule has 0 saturated carbocycles. The Morgan fingerprint density at radius 3 is 2.69 bits per heavy atom. The summed E-state index contributed by atoms with van der Waals surface area (Å²) in [6, 6.07) is 6.56. The Kier molecular flexibility index (Phi) is 2.91. The molecule has 13 heavy (non-hydrogen) atoms. The SMILES string of the molecule is OCSc1ccc2c(c1)CCCC2. The normalized spacial score (nSPS) is 15.5. The summed E-state index contributed by atoms with van der Waals surface area (Å²) in [6.45, 7) is 0. The second-order valence-electron chi connectivity index (χ2n) is 3.41. The molecule has 0 bridgehead atoms. The zero-order valence-electron chi connectivity index (χ0n) is 7.62. The monoisotopic (exact) mass is 194 g/mol. The minimum atomic E-state index is 0.179. The van der Waals surface area contributed by atoms with Gasteiger partial charge < -0.3 is 5.11 Å². The highest BCUT2D eigenvalue weighted by atomic mass is 32.2. The van der Waals surface area contributed by atoms with Gasteiger partial charge in [0.25, 0.3) is 0 Å². The third kappa shape index (κ3) is 2.06. The molecule has 0 aliphatic heterocycles. The van der Waals surface area contributed by atoms with E-state index in [-0.39, 0.29) is 5.94 Å². The van der Waals surface area contributed by atoms with E-state index >= 15 is 0 Å². The number of benzene rings is 1. The van der Waals surface area contributed by atoms with Gasteiger partial charge in [0, 0.05) is 4.90 Å². The van der Waals surface area contributed by atoms with Crippen LogP contribution in [0.2, 0.25) is 0 Å². The van der Waals surface area contributed by atoms with Crippen LogP contribution in [-0.4, -0.2) is 11.0 Å². The lowest BCUT2D eigenvalue weighted by molar-refractivity contribution is 0.375. The summed E-state index contributed by atoms with van der Waals surface area (Å²) in [5.74, 6) is 0.179. The highest BCUT2D eigenvalue weighted by molar-refractivity contribution is 7.99. The first-order valence-corrected chi connectivity index (χ1v) is 5.74. The van der Waals surface area contributed by atoms with E-state index in [0.29, 0.717) is 0 Å². The van der Waals surface area contributed by atoms with Crippen LogP contribution in [0, 0.1) is 0 Å². The van der Waals surface area contributed by atoms with E-state index in [0.717, 1.165) is 0 Å². The van der Waals surface area contributed by atoms with E-state index in [1.165, 1.54) is 53.5 Å². The molecule has 0 heterocycles. The molecule has 1 aromatic carbocycles. The molecule has 1 nitrogen and oxygen atoms in total. The Balaban J connectivity index is 2.24. The first kappa shape index (κ1) is 9.10. The molecule has 0 unspecified atom stereocenters. The zero-order chi connectivity index (χ0) is 9.10.